The molecule has 0 aliphatic carbocycles. The number of hydrogen-bond donors (Lipinski definition) is 3. The molecular formula is C41H40N4O5S2. The highest BCUT2D eigenvalue weighted by atomic mass is 32.2. The quantitative estimate of drug-likeness (QED) is 0.0595. The highest BCUT2D eigenvalue weighted by Gasteiger charge is 2.26. The number of esters is 1. The highest BCUT2D eigenvalue weighted by molar-refractivity contribution is 8.00. The minimum absolute atomic E-state index is 0.0681. The van der Waals surface area contributed by atoms with E-state index in [9.17, 15) is 19.2 Å². The number of hydrogen-bond acceptors (Lipinski definition) is 8. The molecule has 1 unspecified atom stereocenters. The summed E-state index contributed by atoms with van der Waals surface area (Å²) in [5.74, 6) is -1.68. The van der Waals surface area contributed by atoms with Gasteiger partial charge in [0.05, 0.1) is 11.9 Å². The number of rotatable bonds is 14. The number of nitrogens with one attached hydrogen (secondary N) is 3. The number of carbonyl (C=O) groups is 4. The fourth-order valence-electron chi connectivity index (χ4n) is 5.19. The van der Waals surface area contributed by atoms with Crippen molar-refractivity contribution in [1.29, 1.82) is 0 Å². The molecule has 52 heavy (non-hydrogen) atoms. The van der Waals surface area contributed by atoms with Crippen molar-refractivity contribution in [2.75, 3.05) is 36.2 Å². The third-order valence-electron chi connectivity index (χ3n) is 7.87. The Morgan fingerprint density at radius 3 is 2.19 bits per heavy atom. The van der Waals surface area contributed by atoms with E-state index in [2.05, 4.69) is 16.0 Å². The van der Waals surface area contributed by atoms with E-state index in [4.69, 9.17) is 4.74 Å². The Morgan fingerprint density at radius 1 is 0.846 bits per heavy atom. The normalized spacial score (nSPS) is 11.7. The number of amides is 3. The van der Waals surface area contributed by atoms with Crippen LogP contribution in [0.15, 0.2) is 125 Å². The second-order valence-corrected chi connectivity index (χ2v) is 13.9. The lowest BCUT2D eigenvalue weighted by Gasteiger charge is -2.16. The molecule has 9 nitrogen and oxygen atoms in total. The van der Waals surface area contributed by atoms with E-state index in [1.807, 2.05) is 98.0 Å². The zero-order valence-electron chi connectivity index (χ0n) is 29.3. The molecule has 0 saturated carbocycles. The lowest BCUT2D eigenvalue weighted by molar-refractivity contribution is -0.116. The van der Waals surface area contributed by atoms with Crippen LogP contribution in [0.2, 0.25) is 0 Å². The monoisotopic (exact) mass is 732 g/mol. The van der Waals surface area contributed by atoms with Gasteiger partial charge in [0.2, 0.25) is 5.91 Å². The van der Waals surface area contributed by atoms with Crippen molar-refractivity contribution in [2.24, 2.45) is 0 Å². The van der Waals surface area contributed by atoms with Crippen LogP contribution in [-0.2, 0) is 14.3 Å². The van der Waals surface area contributed by atoms with E-state index >= 15 is 0 Å². The molecule has 1 heterocycles. The van der Waals surface area contributed by atoms with Crippen molar-refractivity contribution in [3.05, 3.63) is 137 Å². The molecule has 3 amide bonds. The number of thiophene rings is 1. The predicted octanol–water partition coefficient (Wildman–Crippen LogP) is 8.58. The fraction of sp³-hybridized carbons (Fsp3) is 0.171. The molecule has 5 aromatic rings. The van der Waals surface area contributed by atoms with Crippen molar-refractivity contribution in [3.63, 3.8) is 0 Å². The summed E-state index contributed by atoms with van der Waals surface area (Å²) >= 11 is 2.62. The smallest absolute Gasteiger partial charge is 0.341 e. The average molecular weight is 733 g/mol. The molecule has 4 aromatic carbocycles. The standard InChI is InChI=1S/C41H40N4O5S2/c1-5-35(39(48)44-40-36(41(49)50-6-2)33(26-51-40)28-14-9-7-10-15-28)52-32-19-13-18-30(25-32)42-38(47)34(43-37(46)29-16-11-8-12-17-29)24-27-20-22-31(23-21-27)45(3)4/h7-26,35H,5-6H2,1-4H3,(H,42,47)(H,43,46)(H,44,48)/b34-24+. The van der Waals surface area contributed by atoms with Gasteiger partial charge in [0.1, 0.15) is 16.3 Å². The molecule has 5 rings (SSSR count). The van der Waals surface area contributed by atoms with Gasteiger partial charge in [-0.2, -0.15) is 0 Å². The second kappa shape index (κ2) is 18.0. The molecule has 266 valence electrons. The Hall–Kier alpha value is -5.65. The van der Waals surface area contributed by atoms with Gasteiger partial charge in [-0.05, 0) is 73.0 Å². The molecule has 0 aliphatic heterocycles. The molecular weight excluding hydrogens is 693 g/mol. The first-order valence-electron chi connectivity index (χ1n) is 16.7. The van der Waals surface area contributed by atoms with Crippen LogP contribution in [0.4, 0.5) is 16.4 Å². The topological polar surface area (TPSA) is 117 Å². The van der Waals surface area contributed by atoms with Crippen molar-refractivity contribution < 1.29 is 23.9 Å². The molecule has 0 radical (unpaired) electrons. The number of benzene rings is 4. The first kappa shape index (κ1) is 37.6. The third kappa shape index (κ3) is 9.77. The number of ether oxygens (including phenoxy) is 1. The molecule has 3 N–H and O–H groups in total. The molecule has 1 atom stereocenters. The van der Waals surface area contributed by atoms with Crippen LogP contribution in [0.5, 0.6) is 0 Å². The van der Waals surface area contributed by atoms with E-state index in [1.165, 1.54) is 23.1 Å². The lowest BCUT2D eigenvalue weighted by Crippen LogP contribution is -2.30. The summed E-state index contributed by atoms with van der Waals surface area (Å²) in [6.45, 7) is 3.86. The number of nitrogens with zero attached hydrogens (tertiary/aromatic N) is 1. The molecule has 0 bridgehead atoms. The summed E-state index contributed by atoms with van der Waals surface area (Å²) in [6, 6.07) is 33.0. The van der Waals surface area contributed by atoms with Crippen molar-refractivity contribution in [1.82, 2.24) is 5.32 Å². The first-order valence-corrected chi connectivity index (χ1v) is 18.5. The van der Waals surface area contributed by atoms with Gasteiger partial charge in [-0.25, -0.2) is 4.79 Å². The number of anilines is 3. The lowest BCUT2D eigenvalue weighted by atomic mass is 10.0. The molecule has 1 aromatic heterocycles. The molecule has 0 fully saturated rings. The van der Waals surface area contributed by atoms with E-state index < -0.39 is 23.0 Å². The average Bonchev–Trinajstić information content (AvgIpc) is 3.58. The van der Waals surface area contributed by atoms with Gasteiger partial charge < -0.3 is 25.6 Å². The minimum atomic E-state index is -0.508. The van der Waals surface area contributed by atoms with E-state index in [1.54, 1.807) is 55.5 Å². The Balaban J connectivity index is 1.33. The summed E-state index contributed by atoms with van der Waals surface area (Å²) in [5, 5.41) is 10.4. The number of carbonyl (C=O) groups excluding carboxylic acids is 4. The predicted molar refractivity (Wildman–Crippen MR) is 212 cm³/mol. The minimum Gasteiger partial charge on any atom is -0.462 e. The maximum atomic E-state index is 13.7. The van der Waals surface area contributed by atoms with Crippen LogP contribution in [0.1, 0.15) is 46.5 Å². The van der Waals surface area contributed by atoms with Gasteiger partial charge in [0.15, 0.2) is 0 Å². The summed E-state index contributed by atoms with van der Waals surface area (Å²) < 4.78 is 5.35. The maximum Gasteiger partial charge on any atom is 0.341 e. The van der Waals surface area contributed by atoms with Crippen LogP contribution in [0.3, 0.4) is 0 Å². The summed E-state index contributed by atoms with van der Waals surface area (Å²) in [4.78, 5) is 56.2. The van der Waals surface area contributed by atoms with Gasteiger partial charge in [-0.3, -0.25) is 14.4 Å². The Morgan fingerprint density at radius 2 is 1.54 bits per heavy atom. The van der Waals surface area contributed by atoms with E-state index in [0.717, 1.165) is 21.7 Å². The Bertz CT molecular complexity index is 2040. The summed E-state index contributed by atoms with van der Waals surface area (Å²) in [7, 11) is 3.89. The zero-order chi connectivity index (χ0) is 37.0. The Labute approximate surface area is 312 Å². The molecule has 0 saturated heterocycles. The SMILES string of the molecule is CCOC(=O)c1c(-c2ccccc2)csc1NC(=O)C(CC)Sc1cccc(NC(=O)/C(=C\c2ccc(N(C)C)cc2)NC(=O)c2ccccc2)c1. The van der Waals surface area contributed by atoms with Crippen LogP contribution in [-0.4, -0.2) is 49.6 Å². The van der Waals surface area contributed by atoms with E-state index in [-0.39, 0.29) is 18.2 Å². The Kier molecular flexibility index (Phi) is 13.0. The van der Waals surface area contributed by atoms with Crippen molar-refractivity contribution >= 4 is 69.2 Å². The van der Waals surface area contributed by atoms with E-state index in [0.29, 0.717) is 33.8 Å². The van der Waals surface area contributed by atoms with Crippen LogP contribution in [0, 0.1) is 0 Å². The van der Waals surface area contributed by atoms with Gasteiger partial charge in [0, 0.05) is 46.9 Å². The maximum absolute atomic E-state index is 13.7. The van der Waals surface area contributed by atoms with Gasteiger partial charge in [-0.1, -0.05) is 73.7 Å². The van der Waals surface area contributed by atoms with Gasteiger partial charge >= 0.3 is 5.97 Å². The first-order chi connectivity index (χ1) is 25.2. The van der Waals surface area contributed by atoms with Crippen molar-refractivity contribution in [3.8, 4) is 11.1 Å². The van der Waals surface area contributed by atoms with Gasteiger partial charge in [-0.15, -0.1) is 23.1 Å². The van der Waals surface area contributed by atoms with Crippen LogP contribution in [0.25, 0.3) is 17.2 Å². The fourth-order valence-corrected chi connectivity index (χ4v) is 7.16. The molecule has 0 spiro atoms. The van der Waals surface area contributed by atoms with Crippen LogP contribution >= 0.6 is 23.1 Å². The van der Waals surface area contributed by atoms with Crippen molar-refractivity contribution in [2.45, 2.75) is 30.4 Å². The molecule has 0 aliphatic rings. The zero-order valence-corrected chi connectivity index (χ0v) is 31.0. The number of thioether (sulfide) groups is 1. The largest absolute Gasteiger partial charge is 0.462 e. The van der Waals surface area contributed by atoms with Crippen LogP contribution < -0.4 is 20.9 Å². The van der Waals surface area contributed by atoms with Gasteiger partial charge in [0.25, 0.3) is 11.8 Å². The highest BCUT2D eigenvalue weighted by Crippen LogP contribution is 2.37. The third-order valence-corrected chi connectivity index (χ3v) is 10.1. The summed E-state index contributed by atoms with van der Waals surface area (Å²) in [5.41, 5.74) is 4.58. The molecule has 11 heteroatoms. The second-order valence-electron chi connectivity index (χ2n) is 11.8. The summed E-state index contributed by atoms with van der Waals surface area (Å²) in [6.07, 6.45) is 2.13.